The number of hydrogen-bond donors (Lipinski definition) is 1. The van der Waals surface area contributed by atoms with Gasteiger partial charge in [-0.05, 0) is 51.4 Å². The van der Waals surface area contributed by atoms with Gasteiger partial charge in [0.05, 0.1) is 40.0 Å². The summed E-state index contributed by atoms with van der Waals surface area (Å²) in [5.74, 6) is -0.869. The molecular weight excluding hydrogens is 729 g/mol. The minimum absolute atomic E-state index is 0.0211. The van der Waals surface area contributed by atoms with E-state index in [4.69, 9.17) is 23.3 Å². The minimum Gasteiger partial charge on any atom is -0.462 e. The summed E-state index contributed by atoms with van der Waals surface area (Å²) >= 11 is 0. The van der Waals surface area contributed by atoms with Crippen LogP contribution >= 0.6 is 7.82 Å². The first-order valence-corrected chi connectivity index (χ1v) is 23.8. The second kappa shape index (κ2) is 34.1. The number of rotatable bonds is 39. The topological polar surface area (TPSA) is 121 Å². The fourth-order valence-electron chi connectivity index (χ4n) is 6.17. The molecule has 0 aromatic carbocycles. The molecular formula is C45H83NO9P+. The number of nitrogens with zero attached hydrogens (tertiary/aromatic N) is 1. The highest BCUT2D eigenvalue weighted by Crippen LogP contribution is 2.43. The highest BCUT2D eigenvalue weighted by Gasteiger charge is 2.36. The number of quaternary nitrogens is 1. The number of phosphoric acid groups is 1. The average Bonchev–Trinajstić information content (AvgIpc) is 3.90. The van der Waals surface area contributed by atoms with Crippen molar-refractivity contribution in [2.45, 2.75) is 193 Å². The maximum Gasteiger partial charge on any atom is 0.472 e. The zero-order chi connectivity index (χ0) is 41.2. The van der Waals surface area contributed by atoms with E-state index in [-0.39, 0.29) is 32.2 Å². The number of unbranched alkanes of at least 4 members (excludes halogenated alkanes) is 17. The van der Waals surface area contributed by atoms with Gasteiger partial charge in [-0.25, -0.2) is 4.57 Å². The van der Waals surface area contributed by atoms with Crippen LogP contribution in [0.2, 0.25) is 0 Å². The second-order valence-corrected chi connectivity index (χ2v) is 17.9. The standard InChI is InChI=1S/C45H82NO9P/c1-6-8-10-12-14-16-17-18-19-20-22-24-26-32-36-45(48)54-41(40-53-56(49,50)52-38-37-46(3,4)5)39-51-44(47)35-31-28-27-30-34-43-42(55-43)33-29-25-23-21-15-13-11-9-7-2/h15,21,25,27,29-30,41-43H,6-14,16-20,22-24,26,28,31-40H2,1-5H3/p+1/b21-15-,29-25-,30-27-/t41-,42?,43?/m1/s1. The summed E-state index contributed by atoms with van der Waals surface area (Å²) in [5, 5.41) is 0. The lowest BCUT2D eigenvalue weighted by Crippen LogP contribution is -2.37. The Balaban J connectivity index is 2.32. The highest BCUT2D eigenvalue weighted by atomic mass is 31.2. The number of ether oxygens (including phenoxy) is 3. The van der Waals surface area contributed by atoms with Crippen molar-refractivity contribution in [3.8, 4) is 0 Å². The highest BCUT2D eigenvalue weighted by molar-refractivity contribution is 7.47. The van der Waals surface area contributed by atoms with Crippen LogP contribution in [0.1, 0.15) is 174 Å². The van der Waals surface area contributed by atoms with E-state index < -0.39 is 32.5 Å². The van der Waals surface area contributed by atoms with Gasteiger partial charge in [-0.1, -0.05) is 147 Å². The Bertz CT molecular complexity index is 1120. The number of hydrogen-bond acceptors (Lipinski definition) is 8. The number of epoxide rings is 1. The first-order chi connectivity index (χ1) is 27.0. The molecule has 0 amide bonds. The summed E-state index contributed by atoms with van der Waals surface area (Å²) in [6, 6.07) is 0. The predicted octanol–water partition coefficient (Wildman–Crippen LogP) is 11.5. The number of carbonyl (C=O) groups excluding carboxylic acids is 2. The van der Waals surface area contributed by atoms with Crippen molar-refractivity contribution in [2.75, 3.05) is 47.5 Å². The van der Waals surface area contributed by atoms with Gasteiger partial charge >= 0.3 is 19.8 Å². The molecule has 0 radical (unpaired) electrons. The molecule has 1 N–H and O–H groups in total. The van der Waals surface area contributed by atoms with Crippen molar-refractivity contribution in [3.05, 3.63) is 36.5 Å². The van der Waals surface area contributed by atoms with E-state index >= 15 is 0 Å². The molecule has 0 saturated carbocycles. The molecule has 56 heavy (non-hydrogen) atoms. The third-order valence-corrected chi connectivity index (χ3v) is 10.8. The van der Waals surface area contributed by atoms with Crippen molar-refractivity contribution in [2.24, 2.45) is 0 Å². The molecule has 1 aliphatic rings. The predicted molar refractivity (Wildman–Crippen MR) is 228 cm³/mol. The van der Waals surface area contributed by atoms with Gasteiger partial charge in [0.15, 0.2) is 6.10 Å². The van der Waals surface area contributed by atoms with Crippen LogP contribution in [0, 0.1) is 0 Å². The van der Waals surface area contributed by atoms with E-state index in [1.165, 1.54) is 96.3 Å². The Kier molecular flexibility index (Phi) is 31.8. The van der Waals surface area contributed by atoms with Crippen LogP contribution in [0.3, 0.4) is 0 Å². The zero-order valence-electron chi connectivity index (χ0n) is 36.3. The molecule has 1 aliphatic heterocycles. The van der Waals surface area contributed by atoms with E-state index in [1.807, 2.05) is 21.1 Å². The molecule has 10 nitrogen and oxygen atoms in total. The molecule has 1 rings (SSSR count). The summed E-state index contributed by atoms with van der Waals surface area (Å²) in [5.41, 5.74) is 0. The largest absolute Gasteiger partial charge is 0.472 e. The van der Waals surface area contributed by atoms with Crippen molar-refractivity contribution in [3.63, 3.8) is 0 Å². The first-order valence-electron chi connectivity index (χ1n) is 22.3. The fourth-order valence-corrected chi connectivity index (χ4v) is 6.91. The molecule has 0 aromatic heterocycles. The summed E-state index contributed by atoms with van der Waals surface area (Å²) in [6.45, 7) is 4.32. The Morgan fingerprint density at radius 1 is 0.643 bits per heavy atom. The molecule has 4 atom stereocenters. The third kappa shape index (κ3) is 34.3. The lowest BCUT2D eigenvalue weighted by molar-refractivity contribution is -0.870. The average molecular weight is 813 g/mol. The van der Waals surface area contributed by atoms with Crippen LogP contribution in [0.5, 0.6) is 0 Å². The van der Waals surface area contributed by atoms with Crippen LogP contribution in [0.25, 0.3) is 0 Å². The molecule has 11 heteroatoms. The van der Waals surface area contributed by atoms with Gasteiger partial charge in [-0.15, -0.1) is 0 Å². The fraction of sp³-hybridized carbons (Fsp3) is 0.822. The van der Waals surface area contributed by atoms with Gasteiger partial charge in [0.2, 0.25) is 0 Å². The molecule has 0 aromatic rings. The first kappa shape index (κ1) is 52.2. The van der Waals surface area contributed by atoms with E-state index in [0.717, 1.165) is 38.5 Å². The van der Waals surface area contributed by atoms with Gasteiger partial charge in [0.1, 0.15) is 19.8 Å². The molecule has 1 saturated heterocycles. The van der Waals surface area contributed by atoms with E-state index in [9.17, 15) is 19.0 Å². The monoisotopic (exact) mass is 813 g/mol. The second-order valence-electron chi connectivity index (χ2n) is 16.5. The lowest BCUT2D eigenvalue weighted by Gasteiger charge is -2.24. The Morgan fingerprint density at radius 2 is 1.14 bits per heavy atom. The Morgan fingerprint density at radius 3 is 1.75 bits per heavy atom. The van der Waals surface area contributed by atoms with E-state index in [0.29, 0.717) is 30.0 Å². The van der Waals surface area contributed by atoms with E-state index in [2.05, 4.69) is 50.3 Å². The molecule has 1 heterocycles. The van der Waals surface area contributed by atoms with Crippen molar-refractivity contribution in [1.82, 2.24) is 0 Å². The van der Waals surface area contributed by atoms with Gasteiger partial charge < -0.3 is 23.6 Å². The quantitative estimate of drug-likeness (QED) is 0.0161. The van der Waals surface area contributed by atoms with Crippen molar-refractivity contribution < 1.29 is 46.8 Å². The van der Waals surface area contributed by atoms with Gasteiger partial charge in [0, 0.05) is 12.8 Å². The molecule has 0 bridgehead atoms. The Hall–Kier alpha value is -1.81. The number of allylic oxidation sites excluding steroid dienone is 4. The smallest absolute Gasteiger partial charge is 0.462 e. The van der Waals surface area contributed by atoms with Crippen LogP contribution in [-0.2, 0) is 37.4 Å². The number of carbonyl (C=O) groups is 2. The van der Waals surface area contributed by atoms with E-state index in [1.54, 1.807) is 0 Å². The summed E-state index contributed by atoms with van der Waals surface area (Å²) in [7, 11) is 1.44. The Labute approximate surface area is 342 Å². The van der Waals surface area contributed by atoms with Crippen LogP contribution < -0.4 is 0 Å². The molecule has 3 unspecified atom stereocenters. The summed E-state index contributed by atoms with van der Waals surface area (Å²) in [4.78, 5) is 35.4. The van der Waals surface area contributed by atoms with Crippen LogP contribution in [0.4, 0.5) is 0 Å². The molecule has 326 valence electrons. The maximum atomic E-state index is 12.7. The molecule has 1 fully saturated rings. The summed E-state index contributed by atoms with van der Waals surface area (Å²) in [6.07, 6.45) is 39.3. The van der Waals surface area contributed by atoms with Crippen LogP contribution in [0.15, 0.2) is 36.5 Å². The lowest BCUT2D eigenvalue weighted by atomic mass is 10.0. The van der Waals surface area contributed by atoms with Crippen molar-refractivity contribution in [1.29, 1.82) is 0 Å². The minimum atomic E-state index is -4.39. The normalized spacial score (nSPS) is 17.5. The SMILES string of the molecule is CCCCC/C=C\C/C=C\CC1OC1C/C=C\CCCC(=O)OC[C@H](COP(=O)(O)OCC[N+](C)(C)C)OC(=O)CCCCCCCCCCCCCCCC. The van der Waals surface area contributed by atoms with Gasteiger partial charge in [-0.3, -0.25) is 18.6 Å². The summed E-state index contributed by atoms with van der Waals surface area (Å²) < 4.78 is 40.0. The van der Waals surface area contributed by atoms with Gasteiger partial charge in [-0.2, -0.15) is 0 Å². The number of phosphoric ester groups is 1. The zero-order valence-corrected chi connectivity index (χ0v) is 37.2. The number of esters is 2. The molecule has 0 spiro atoms. The maximum absolute atomic E-state index is 12.7. The number of likely N-dealkylation sites (N-methyl/N-ethyl adjacent to an activating group) is 1. The van der Waals surface area contributed by atoms with Crippen LogP contribution in [-0.4, -0.2) is 87.1 Å². The van der Waals surface area contributed by atoms with Gasteiger partial charge in [0.25, 0.3) is 0 Å². The third-order valence-electron chi connectivity index (χ3n) is 9.83. The molecule has 0 aliphatic carbocycles. The van der Waals surface area contributed by atoms with Crippen molar-refractivity contribution >= 4 is 19.8 Å².